The maximum Gasteiger partial charge on any atom is -0.0500 e. The van der Waals surface area contributed by atoms with Crippen LogP contribution in [0.2, 0.25) is 0 Å². The van der Waals surface area contributed by atoms with Gasteiger partial charge >= 0.3 is 0 Å². The first kappa shape index (κ1) is 30.8. The Kier molecular flexibility index (Phi) is 91.9. The molecule has 0 heteroatoms. The van der Waals surface area contributed by atoms with Gasteiger partial charge in [-0.2, -0.15) is 0 Å². The van der Waals surface area contributed by atoms with E-state index in [1.807, 2.05) is 27.7 Å². The molecule has 0 aliphatic heterocycles. The standard InChI is InChI=1S/2C5H12.C4H10.2C2H6/c2*1-3-5-4-2;1-4(2)3;2*1-2/h2*3-5H2,1-2H3;4H,1-3H3;2*1-2H3. The Morgan fingerprint density at radius 2 is 0.611 bits per heavy atom. The minimum atomic E-state index is 0.833. The summed E-state index contributed by atoms with van der Waals surface area (Å²) in [6.07, 6.45) is 8.15. The van der Waals surface area contributed by atoms with Gasteiger partial charge in [0.25, 0.3) is 0 Å². The second kappa shape index (κ2) is 53.7. The van der Waals surface area contributed by atoms with Crippen LogP contribution in [-0.4, -0.2) is 0 Å². The number of rotatable bonds is 4. The van der Waals surface area contributed by atoms with Gasteiger partial charge in [0.15, 0.2) is 0 Å². The van der Waals surface area contributed by atoms with E-state index in [0.717, 1.165) is 5.92 Å². The summed E-state index contributed by atoms with van der Waals surface area (Å²) < 4.78 is 0. The van der Waals surface area contributed by atoms with Crippen molar-refractivity contribution in [3.8, 4) is 0 Å². The fourth-order valence-corrected chi connectivity index (χ4v) is 0.707. The van der Waals surface area contributed by atoms with Crippen molar-refractivity contribution in [1.29, 1.82) is 0 Å². The zero-order valence-corrected chi connectivity index (χ0v) is 15.8. The summed E-state index contributed by atoms with van der Waals surface area (Å²) in [7, 11) is 0. The monoisotopic (exact) mass is 262 g/mol. The van der Waals surface area contributed by atoms with E-state index >= 15 is 0 Å². The molecule has 0 heterocycles. The lowest BCUT2D eigenvalue weighted by Gasteiger charge is -1.79. The molecule has 0 saturated carbocycles. The molecule has 0 amide bonds. The molecule has 0 rings (SSSR count). The van der Waals surface area contributed by atoms with Crippen LogP contribution >= 0.6 is 0 Å². The molecular formula is C18H46. The van der Waals surface area contributed by atoms with Gasteiger partial charge < -0.3 is 0 Å². The Morgan fingerprint density at radius 1 is 0.500 bits per heavy atom. The molecule has 0 fully saturated rings. The molecule has 118 valence electrons. The quantitative estimate of drug-likeness (QED) is 0.480. The van der Waals surface area contributed by atoms with Gasteiger partial charge in [-0.15, -0.1) is 0 Å². The van der Waals surface area contributed by atoms with Gasteiger partial charge in [0.05, 0.1) is 0 Å². The second-order valence-corrected chi connectivity index (χ2v) is 4.44. The normalized spacial score (nSPS) is 7.33. The molecule has 0 spiro atoms. The Balaban J connectivity index is -0.0000000414. The van der Waals surface area contributed by atoms with E-state index < -0.39 is 0 Å². The van der Waals surface area contributed by atoms with Crippen LogP contribution in [-0.2, 0) is 0 Å². The highest BCUT2D eigenvalue weighted by Gasteiger charge is 1.69. The second-order valence-electron chi connectivity index (χ2n) is 4.44. The van der Waals surface area contributed by atoms with Crippen LogP contribution in [0, 0.1) is 5.92 Å². The summed E-state index contributed by atoms with van der Waals surface area (Å²) in [6, 6.07) is 0. The molecule has 0 aromatic heterocycles. The number of hydrogen-bond donors (Lipinski definition) is 0. The summed E-state index contributed by atoms with van der Waals surface area (Å²) in [5.74, 6) is 0.833. The molecule has 0 radical (unpaired) electrons. The van der Waals surface area contributed by atoms with Crippen LogP contribution < -0.4 is 0 Å². The average Bonchev–Trinajstić information content (AvgIpc) is 2.36. The van der Waals surface area contributed by atoms with Crippen molar-refractivity contribution in [2.75, 3.05) is 0 Å². The minimum Gasteiger partial charge on any atom is -0.0683 e. The van der Waals surface area contributed by atoms with E-state index in [0.29, 0.717) is 0 Å². The third-order valence-corrected chi connectivity index (χ3v) is 1.41. The topological polar surface area (TPSA) is 0 Å². The summed E-state index contributed by atoms with van der Waals surface area (Å²) in [5, 5.41) is 0. The van der Waals surface area contributed by atoms with Crippen molar-refractivity contribution in [2.24, 2.45) is 5.92 Å². The van der Waals surface area contributed by atoms with Crippen molar-refractivity contribution in [2.45, 2.75) is 115 Å². The summed E-state index contributed by atoms with van der Waals surface area (Å²) in [6.45, 7) is 23.3. The maximum atomic E-state index is 2.21. The van der Waals surface area contributed by atoms with Gasteiger partial charge in [-0.1, -0.05) is 115 Å². The van der Waals surface area contributed by atoms with E-state index in [1.54, 1.807) is 0 Å². The van der Waals surface area contributed by atoms with Gasteiger partial charge in [-0.25, -0.2) is 0 Å². The van der Waals surface area contributed by atoms with Crippen LogP contribution in [0.3, 0.4) is 0 Å². The highest BCUT2D eigenvalue weighted by molar-refractivity contribution is 4.24. The largest absolute Gasteiger partial charge is 0.0683 e. The fourth-order valence-electron chi connectivity index (χ4n) is 0.707. The molecule has 0 saturated heterocycles. The molecule has 0 unspecified atom stereocenters. The Hall–Kier alpha value is 0. The number of unbranched alkanes of at least 4 members (excludes halogenated alkanes) is 4. The van der Waals surface area contributed by atoms with Crippen molar-refractivity contribution in [1.82, 2.24) is 0 Å². The van der Waals surface area contributed by atoms with Gasteiger partial charge in [0.2, 0.25) is 0 Å². The Bertz CT molecular complexity index is 42.3. The Labute approximate surface area is 121 Å². The molecule has 0 aromatic carbocycles. The van der Waals surface area contributed by atoms with Crippen LogP contribution in [0.15, 0.2) is 0 Å². The molecule has 0 aromatic rings. The van der Waals surface area contributed by atoms with Crippen LogP contribution in [0.1, 0.15) is 115 Å². The summed E-state index contributed by atoms with van der Waals surface area (Å²) >= 11 is 0. The highest BCUT2D eigenvalue weighted by Crippen LogP contribution is 1.88. The van der Waals surface area contributed by atoms with E-state index in [9.17, 15) is 0 Å². The minimum absolute atomic E-state index is 0.833. The third kappa shape index (κ3) is 225. The average molecular weight is 263 g/mol. The van der Waals surface area contributed by atoms with Crippen molar-refractivity contribution in [3.05, 3.63) is 0 Å². The highest BCUT2D eigenvalue weighted by atomic mass is 13.8. The first-order valence-electron chi connectivity index (χ1n) is 8.56. The van der Waals surface area contributed by atoms with Crippen molar-refractivity contribution < 1.29 is 0 Å². The fraction of sp³-hybridized carbons (Fsp3) is 1.00. The molecule has 0 nitrogen and oxygen atoms in total. The predicted molar refractivity (Wildman–Crippen MR) is 93.6 cm³/mol. The molecule has 0 aliphatic rings. The molecule has 18 heavy (non-hydrogen) atoms. The maximum absolute atomic E-state index is 2.21. The lowest BCUT2D eigenvalue weighted by atomic mass is 10.3. The first-order chi connectivity index (χ1) is 8.56. The lowest BCUT2D eigenvalue weighted by molar-refractivity contribution is 0.737. The van der Waals surface area contributed by atoms with Gasteiger partial charge in [-0.05, 0) is 5.92 Å². The van der Waals surface area contributed by atoms with Crippen molar-refractivity contribution >= 4 is 0 Å². The van der Waals surface area contributed by atoms with E-state index in [4.69, 9.17) is 0 Å². The van der Waals surface area contributed by atoms with Crippen molar-refractivity contribution in [3.63, 3.8) is 0 Å². The zero-order valence-electron chi connectivity index (χ0n) is 15.8. The molecular weight excluding hydrogens is 216 g/mol. The van der Waals surface area contributed by atoms with Crippen LogP contribution in [0.5, 0.6) is 0 Å². The van der Waals surface area contributed by atoms with Crippen LogP contribution in [0.4, 0.5) is 0 Å². The smallest absolute Gasteiger partial charge is 0.0500 e. The molecule has 0 aliphatic carbocycles. The number of hydrogen-bond acceptors (Lipinski definition) is 0. The Morgan fingerprint density at radius 3 is 0.611 bits per heavy atom. The summed E-state index contributed by atoms with van der Waals surface area (Å²) in [5.41, 5.74) is 0. The van der Waals surface area contributed by atoms with E-state index in [1.165, 1.54) is 38.5 Å². The molecule has 0 atom stereocenters. The SMILES string of the molecule is CC.CC.CC(C)C.CCCCC.CCCCC. The molecule has 0 bridgehead atoms. The van der Waals surface area contributed by atoms with Crippen LogP contribution in [0.25, 0.3) is 0 Å². The van der Waals surface area contributed by atoms with E-state index in [-0.39, 0.29) is 0 Å². The third-order valence-electron chi connectivity index (χ3n) is 1.41. The summed E-state index contributed by atoms with van der Waals surface area (Å²) in [4.78, 5) is 0. The van der Waals surface area contributed by atoms with Gasteiger partial charge in [-0.3, -0.25) is 0 Å². The van der Waals surface area contributed by atoms with E-state index in [2.05, 4.69) is 48.5 Å². The predicted octanol–water partition coefficient (Wildman–Crippen LogP) is 8.11. The lowest BCUT2D eigenvalue weighted by Crippen LogP contribution is -1.66. The first-order valence-corrected chi connectivity index (χ1v) is 8.56. The van der Waals surface area contributed by atoms with Gasteiger partial charge in [0, 0.05) is 0 Å². The zero-order chi connectivity index (χ0) is 15.8. The van der Waals surface area contributed by atoms with Gasteiger partial charge in [0.1, 0.15) is 0 Å². The molecule has 0 N–H and O–H groups in total.